The van der Waals surface area contributed by atoms with Gasteiger partial charge in [-0.1, -0.05) is 42.0 Å². The van der Waals surface area contributed by atoms with E-state index in [1.807, 2.05) is 5.32 Å². The largest absolute Gasteiger partial charge is 0.508 e. The molecule has 1 atom stereocenters. The van der Waals surface area contributed by atoms with Crippen LogP contribution in [0.4, 0.5) is 32.0 Å². The van der Waals surface area contributed by atoms with Crippen LogP contribution in [0.3, 0.4) is 0 Å². The first-order valence-electron chi connectivity index (χ1n) is 12.8. The highest BCUT2D eigenvalue weighted by molar-refractivity contribution is 6.28. The van der Waals surface area contributed by atoms with Crippen molar-refractivity contribution in [1.29, 1.82) is 0 Å². The highest BCUT2D eigenvalue weighted by Gasteiger charge is 2.60. The summed E-state index contributed by atoms with van der Waals surface area (Å²) in [5.74, 6) is -2.20. The molecule has 3 N–H and O–H groups in total. The number of rotatable bonds is 8. The van der Waals surface area contributed by atoms with Crippen molar-refractivity contribution in [2.75, 3.05) is 11.9 Å². The molecule has 0 fully saturated rings. The third-order valence-corrected chi connectivity index (χ3v) is 6.75. The van der Waals surface area contributed by atoms with E-state index in [2.05, 4.69) is 5.32 Å². The van der Waals surface area contributed by atoms with E-state index < -0.39 is 48.1 Å². The number of nitrogens with one attached hydrogen (secondary N) is 2. The van der Waals surface area contributed by atoms with Gasteiger partial charge >= 0.3 is 12.4 Å². The molecule has 42 heavy (non-hydrogen) atoms. The van der Waals surface area contributed by atoms with E-state index in [1.165, 1.54) is 48.5 Å². The average molecular weight is 593 g/mol. The van der Waals surface area contributed by atoms with Gasteiger partial charge in [0.1, 0.15) is 17.1 Å². The topological polar surface area (TPSA) is 87.7 Å². The standard InChI is InChI=1S/C30H26F6N2O4/c1-18-3-5-19(6-4-18)24-17-28(30(34,35)36,20-7-13-23(14-8-20)42-16-2-15-29(31,32)33)38-27(41)25(24)26(40)37-21-9-11-22(39)12-10-21/h3-14,39H,2,15-17H2,1H3,(H,37,40)(H,38,41)/t28-/m0/s1. The summed E-state index contributed by atoms with van der Waals surface area (Å²) < 4.78 is 87.0. The third-order valence-electron chi connectivity index (χ3n) is 6.75. The Morgan fingerprint density at radius 2 is 1.57 bits per heavy atom. The Morgan fingerprint density at radius 1 is 0.952 bits per heavy atom. The number of carbonyl (C=O) groups is 2. The molecule has 0 saturated carbocycles. The fraction of sp³-hybridized carbons (Fsp3) is 0.267. The van der Waals surface area contributed by atoms with Crippen molar-refractivity contribution in [2.24, 2.45) is 0 Å². The van der Waals surface area contributed by atoms with Crippen LogP contribution in [-0.2, 0) is 15.1 Å². The number of phenolic OH excluding ortho intramolecular Hbond substituents is 1. The van der Waals surface area contributed by atoms with E-state index in [9.17, 15) is 41.0 Å². The summed E-state index contributed by atoms with van der Waals surface area (Å²) >= 11 is 0. The minimum Gasteiger partial charge on any atom is -0.508 e. The molecule has 0 aliphatic carbocycles. The number of phenols is 1. The molecule has 0 spiro atoms. The zero-order chi connectivity index (χ0) is 30.7. The number of aryl methyl sites for hydroxylation is 1. The predicted molar refractivity (Wildman–Crippen MR) is 143 cm³/mol. The van der Waals surface area contributed by atoms with Crippen molar-refractivity contribution < 1.29 is 45.8 Å². The molecule has 0 radical (unpaired) electrons. The Morgan fingerprint density at radius 3 is 2.14 bits per heavy atom. The summed E-state index contributed by atoms with van der Waals surface area (Å²) in [5.41, 5.74) is -2.67. The second-order valence-corrected chi connectivity index (χ2v) is 9.85. The Hall–Kier alpha value is -4.48. The number of hydrogen-bond donors (Lipinski definition) is 3. The molecule has 0 aromatic heterocycles. The summed E-state index contributed by atoms with van der Waals surface area (Å²) in [5, 5.41) is 14.0. The summed E-state index contributed by atoms with van der Waals surface area (Å²) in [6.45, 7) is 1.48. The van der Waals surface area contributed by atoms with Crippen LogP contribution >= 0.6 is 0 Å². The predicted octanol–water partition coefficient (Wildman–Crippen LogP) is 6.79. The van der Waals surface area contributed by atoms with E-state index in [0.717, 1.165) is 17.7 Å². The molecule has 1 aliphatic rings. The van der Waals surface area contributed by atoms with Crippen LogP contribution in [0.15, 0.2) is 78.4 Å². The lowest BCUT2D eigenvalue weighted by Crippen LogP contribution is -2.59. The molecule has 12 heteroatoms. The molecular weight excluding hydrogens is 566 g/mol. The number of amides is 2. The maximum Gasteiger partial charge on any atom is 0.416 e. The fourth-order valence-electron chi connectivity index (χ4n) is 4.58. The summed E-state index contributed by atoms with van der Waals surface area (Å²) in [6, 6.07) is 16.2. The smallest absolute Gasteiger partial charge is 0.416 e. The molecule has 1 heterocycles. The lowest BCUT2D eigenvalue weighted by Gasteiger charge is -2.41. The molecule has 1 aliphatic heterocycles. The van der Waals surface area contributed by atoms with Gasteiger partial charge in [0.15, 0.2) is 5.54 Å². The monoisotopic (exact) mass is 592 g/mol. The zero-order valence-corrected chi connectivity index (χ0v) is 22.2. The first-order valence-corrected chi connectivity index (χ1v) is 12.8. The first kappa shape index (κ1) is 30.5. The van der Waals surface area contributed by atoms with E-state index in [-0.39, 0.29) is 46.9 Å². The lowest BCUT2D eigenvalue weighted by atomic mass is 9.76. The molecule has 2 amide bonds. The second-order valence-electron chi connectivity index (χ2n) is 9.85. The number of ether oxygens (including phenoxy) is 1. The van der Waals surface area contributed by atoms with Gasteiger partial charge in [-0.05, 0) is 66.4 Å². The molecule has 0 unspecified atom stereocenters. The van der Waals surface area contributed by atoms with E-state index in [4.69, 9.17) is 4.74 Å². The number of benzene rings is 3. The number of carbonyl (C=O) groups excluding carboxylic acids is 2. The number of aromatic hydroxyl groups is 1. The SMILES string of the molecule is Cc1ccc(C2=C(C(=O)Nc3ccc(O)cc3)C(=O)N[C@@](c3ccc(OCCCC(F)(F)F)cc3)(C(F)(F)F)C2)cc1. The van der Waals surface area contributed by atoms with E-state index in [1.54, 1.807) is 19.1 Å². The van der Waals surface area contributed by atoms with Gasteiger partial charge < -0.3 is 20.5 Å². The summed E-state index contributed by atoms with van der Waals surface area (Å²) in [6.07, 6.45) is -11.6. The Balaban J connectivity index is 1.71. The van der Waals surface area contributed by atoms with Gasteiger partial charge in [-0.25, -0.2) is 0 Å². The fourth-order valence-corrected chi connectivity index (χ4v) is 4.58. The van der Waals surface area contributed by atoms with Crippen molar-refractivity contribution in [3.63, 3.8) is 0 Å². The lowest BCUT2D eigenvalue weighted by molar-refractivity contribution is -0.201. The molecular formula is C30H26F6N2O4. The number of anilines is 1. The van der Waals surface area contributed by atoms with Crippen LogP contribution in [0, 0.1) is 6.92 Å². The van der Waals surface area contributed by atoms with Crippen molar-refractivity contribution in [3.8, 4) is 11.5 Å². The van der Waals surface area contributed by atoms with Crippen LogP contribution in [0.1, 0.15) is 36.0 Å². The van der Waals surface area contributed by atoms with Gasteiger partial charge in [-0.2, -0.15) is 26.3 Å². The molecule has 3 aromatic carbocycles. The minimum atomic E-state index is -5.02. The average Bonchev–Trinajstić information content (AvgIpc) is 2.91. The van der Waals surface area contributed by atoms with Gasteiger partial charge in [0.25, 0.3) is 11.8 Å². The summed E-state index contributed by atoms with van der Waals surface area (Å²) in [4.78, 5) is 26.7. The van der Waals surface area contributed by atoms with Crippen LogP contribution in [0.5, 0.6) is 11.5 Å². The van der Waals surface area contributed by atoms with E-state index in [0.29, 0.717) is 0 Å². The highest BCUT2D eigenvalue weighted by Crippen LogP contribution is 2.48. The molecule has 222 valence electrons. The normalized spacial score (nSPS) is 17.5. The molecule has 0 bridgehead atoms. The zero-order valence-electron chi connectivity index (χ0n) is 22.2. The highest BCUT2D eigenvalue weighted by atomic mass is 19.4. The van der Waals surface area contributed by atoms with Gasteiger partial charge in [0, 0.05) is 18.5 Å². The molecule has 6 nitrogen and oxygen atoms in total. The maximum absolute atomic E-state index is 14.9. The molecule has 4 rings (SSSR count). The Bertz CT molecular complexity index is 1460. The van der Waals surface area contributed by atoms with E-state index >= 15 is 0 Å². The van der Waals surface area contributed by atoms with Crippen LogP contribution in [0.25, 0.3) is 5.57 Å². The van der Waals surface area contributed by atoms with Crippen molar-refractivity contribution >= 4 is 23.1 Å². The quantitative estimate of drug-likeness (QED) is 0.116. The van der Waals surface area contributed by atoms with Gasteiger partial charge in [-0.3, -0.25) is 9.59 Å². The van der Waals surface area contributed by atoms with Crippen LogP contribution in [0.2, 0.25) is 0 Å². The van der Waals surface area contributed by atoms with Crippen molar-refractivity contribution in [2.45, 2.75) is 44.1 Å². The Kier molecular flexibility index (Phi) is 8.55. The van der Waals surface area contributed by atoms with Gasteiger partial charge in [-0.15, -0.1) is 0 Å². The van der Waals surface area contributed by atoms with Crippen LogP contribution in [-0.4, -0.2) is 35.9 Å². The van der Waals surface area contributed by atoms with Crippen LogP contribution < -0.4 is 15.4 Å². The minimum absolute atomic E-state index is 0.0589. The van der Waals surface area contributed by atoms with Crippen molar-refractivity contribution in [3.05, 3.63) is 95.1 Å². The van der Waals surface area contributed by atoms with Crippen molar-refractivity contribution in [1.82, 2.24) is 5.32 Å². The number of halogens is 6. The molecule has 3 aromatic rings. The Labute approximate surface area is 237 Å². The third kappa shape index (κ3) is 6.87. The van der Waals surface area contributed by atoms with Gasteiger partial charge in [0.05, 0.1) is 6.61 Å². The number of hydrogen-bond acceptors (Lipinski definition) is 4. The van der Waals surface area contributed by atoms with Gasteiger partial charge in [0.2, 0.25) is 0 Å². The molecule has 0 saturated heterocycles. The second kappa shape index (κ2) is 11.8. The summed E-state index contributed by atoms with van der Waals surface area (Å²) in [7, 11) is 0. The number of alkyl halides is 6. The maximum atomic E-state index is 14.9. The first-order chi connectivity index (χ1) is 19.7.